The molecule has 0 spiro atoms. The number of hydrogen-bond acceptors (Lipinski definition) is 7. The van der Waals surface area contributed by atoms with E-state index < -0.39 is 6.04 Å². The number of H-pyrrole nitrogens is 1. The van der Waals surface area contributed by atoms with E-state index in [4.69, 9.17) is 4.74 Å². The highest BCUT2D eigenvalue weighted by atomic mass is 16.5. The molecular weight excluding hydrogens is 468 g/mol. The molecule has 0 saturated carbocycles. The quantitative estimate of drug-likeness (QED) is 0.387. The van der Waals surface area contributed by atoms with Gasteiger partial charge in [-0.1, -0.05) is 42.0 Å². The summed E-state index contributed by atoms with van der Waals surface area (Å²) in [5.41, 5.74) is 4.49. The van der Waals surface area contributed by atoms with Gasteiger partial charge < -0.3 is 9.72 Å². The van der Waals surface area contributed by atoms with Crippen molar-refractivity contribution < 1.29 is 9.53 Å². The van der Waals surface area contributed by atoms with Crippen molar-refractivity contribution in [2.75, 3.05) is 19.7 Å². The van der Waals surface area contributed by atoms with Crippen LogP contribution in [0.3, 0.4) is 0 Å². The van der Waals surface area contributed by atoms with Gasteiger partial charge in [0.05, 0.1) is 24.6 Å². The zero-order valence-corrected chi connectivity index (χ0v) is 21.5. The lowest BCUT2D eigenvalue weighted by atomic mass is 9.93. The third-order valence-electron chi connectivity index (χ3n) is 7.11. The molecule has 1 aliphatic heterocycles. The highest BCUT2D eigenvalue weighted by Gasteiger charge is 2.35. The second-order valence-electron chi connectivity index (χ2n) is 9.75. The Morgan fingerprint density at radius 3 is 2.62 bits per heavy atom. The van der Waals surface area contributed by atoms with Crippen molar-refractivity contribution in [1.82, 2.24) is 30.1 Å². The number of carbonyl (C=O) groups is 1. The standard InChI is InChI=1S/C28H32N6O3/c1-4-37-28(36)21-10-12-33(13-11-21)25(26-30-31-32-34(26)17-20-8-6-5-7-9-20)23-16-22-15-18(2)14-19(3)24(22)29-27(23)35/h5-9,14-16,21,25H,4,10-13,17H2,1-3H3,(H,29,35). The van der Waals surface area contributed by atoms with Gasteiger partial charge in [-0.3, -0.25) is 14.5 Å². The lowest BCUT2D eigenvalue weighted by molar-refractivity contribution is -0.149. The number of hydrogen-bond donors (Lipinski definition) is 1. The molecule has 1 aliphatic rings. The molecule has 192 valence electrons. The summed E-state index contributed by atoms with van der Waals surface area (Å²) in [6.45, 7) is 7.99. The minimum Gasteiger partial charge on any atom is -0.466 e. The molecule has 9 nitrogen and oxygen atoms in total. The van der Waals surface area contributed by atoms with E-state index in [1.807, 2.05) is 50.2 Å². The fraction of sp³-hybridized carbons (Fsp3) is 0.393. The summed E-state index contributed by atoms with van der Waals surface area (Å²) in [7, 11) is 0. The maximum atomic E-state index is 13.5. The number of nitrogens with one attached hydrogen (secondary N) is 1. The molecule has 37 heavy (non-hydrogen) atoms. The number of esters is 1. The van der Waals surface area contributed by atoms with Crippen LogP contribution in [0.5, 0.6) is 0 Å². The van der Waals surface area contributed by atoms with E-state index in [0.717, 1.165) is 27.6 Å². The summed E-state index contributed by atoms with van der Waals surface area (Å²) < 4.78 is 7.03. The Balaban J connectivity index is 1.56. The number of tetrazole rings is 1. The number of pyridine rings is 1. The summed E-state index contributed by atoms with van der Waals surface area (Å²) in [6, 6.07) is 15.6. The Bertz CT molecular complexity index is 1450. The smallest absolute Gasteiger partial charge is 0.309 e. The number of aryl methyl sites for hydroxylation is 2. The number of carbonyl (C=O) groups excluding carboxylic acids is 1. The fourth-order valence-electron chi connectivity index (χ4n) is 5.34. The van der Waals surface area contributed by atoms with Gasteiger partial charge in [0.25, 0.3) is 5.56 Å². The average molecular weight is 501 g/mol. The van der Waals surface area contributed by atoms with E-state index in [9.17, 15) is 9.59 Å². The van der Waals surface area contributed by atoms with E-state index in [1.54, 1.807) is 4.68 Å². The van der Waals surface area contributed by atoms with Gasteiger partial charge in [-0.2, -0.15) is 0 Å². The first kappa shape index (κ1) is 24.8. The SMILES string of the molecule is CCOC(=O)C1CCN(C(c2cc3cc(C)cc(C)c3[nH]c2=O)c2nnnn2Cc2ccccc2)CC1. The zero-order chi connectivity index (χ0) is 25.9. The maximum absolute atomic E-state index is 13.5. The van der Waals surface area contributed by atoms with Gasteiger partial charge >= 0.3 is 5.97 Å². The first-order chi connectivity index (χ1) is 17.9. The number of likely N-dealkylation sites (tertiary alicyclic amines) is 1. The number of rotatable bonds is 7. The molecule has 4 aromatic rings. The Kier molecular flexibility index (Phi) is 7.14. The van der Waals surface area contributed by atoms with Gasteiger partial charge in [0, 0.05) is 18.7 Å². The lowest BCUT2D eigenvalue weighted by Gasteiger charge is -2.36. The molecule has 3 heterocycles. The predicted molar refractivity (Wildman–Crippen MR) is 140 cm³/mol. The third kappa shape index (κ3) is 5.17. The van der Waals surface area contributed by atoms with Crippen molar-refractivity contribution in [3.8, 4) is 0 Å². The van der Waals surface area contributed by atoms with E-state index in [0.29, 0.717) is 50.5 Å². The van der Waals surface area contributed by atoms with Crippen LogP contribution in [0.2, 0.25) is 0 Å². The van der Waals surface area contributed by atoms with Gasteiger partial charge in [-0.15, -0.1) is 5.10 Å². The summed E-state index contributed by atoms with van der Waals surface area (Å²) in [4.78, 5) is 31.2. The molecule has 1 fully saturated rings. The molecule has 0 bridgehead atoms. The second kappa shape index (κ2) is 10.6. The first-order valence-corrected chi connectivity index (χ1v) is 12.8. The summed E-state index contributed by atoms with van der Waals surface area (Å²) in [6.07, 6.45) is 1.30. The topological polar surface area (TPSA) is 106 Å². The van der Waals surface area contributed by atoms with Crippen molar-refractivity contribution in [3.05, 3.63) is 87.0 Å². The minimum absolute atomic E-state index is 0.141. The number of ether oxygens (including phenoxy) is 1. The van der Waals surface area contributed by atoms with Crippen molar-refractivity contribution in [1.29, 1.82) is 0 Å². The van der Waals surface area contributed by atoms with Crippen molar-refractivity contribution in [2.24, 2.45) is 5.92 Å². The highest BCUT2D eigenvalue weighted by molar-refractivity contribution is 5.83. The Labute approximate surface area is 215 Å². The van der Waals surface area contributed by atoms with Gasteiger partial charge in [-0.25, -0.2) is 4.68 Å². The van der Waals surface area contributed by atoms with E-state index in [-0.39, 0.29) is 17.4 Å². The van der Waals surface area contributed by atoms with Crippen LogP contribution in [0, 0.1) is 19.8 Å². The molecule has 1 saturated heterocycles. The summed E-state index contributed by atoms with van der Waals surface area (Å²) in [5.74, 6) is 0.312. The van der Waals surface area contributed by atoms with Crippen molar-refractivity contribution in [2.45, 2.75) is 46.2 Å². The maximum Gasteiger partial charge on any atom is 0.309 e. The Hall–Kier alpha value is -3.85. The molecule has 1 unspecified atom stereocenters. The average Bonchev–Trinajstić information content (AvgIpc) is 3.33. The summed E-state index contributed by atoms with van der Waals surface area (Å²) >= 11 is 0. The van der Waals surface area contributed by atoms with Crippen molar-refractivity contribution in [3.63, 3.8) is 0 Å². The first-order valence-electron chi connectivity index (χ1n) is 12.8. The van der Waals surface area contributed by atoms with Gasteiger partial charge in [-0.05, 0) is 72.7 Å². The fourth-order valence-corrected chi connectivity index (χ4v) is 5.34. The molecule has 1 atom stereocenters. The number of piperidine rings is 1. The molecule has 1 N–H and O–H groups in total. The Morgan fingerprint density at radius 2 is 1.89 bits per heavy atom. The van der Waals surface area contributed by atoms with E-state index >= 15 is 0 Å². The molecule has 0 amide bonds. The van der Waals surface area contributed by atoms with Crippen LogP contribution in [0.15, 0.2) is 53.3 Å². The molecule has 0 aliphatic carbocycles. The molecule has 2 aromatic heterocycles. The monoisotopic (exact) mass is 500 g/mol. The van der Waals surface area contributed by atoms with Gasteiger partial charge in [0.1, 0.15) is 6.04 Å². The molecule has 9 heteroatoms. The van der Waals surface area contributed by atoms with Crippen molar-refractivity contribution >= 4 is 16.9 Å². The van der Waals surface area contributed by atoms with Gasteiger partial charge in [0.2, 0.25) is 0 Å². The molecule has 5 rings (SSSR count). The highest BCUT2D eigenvalue weighted by Crippen LogP contribution is 2.32. The van der Waals surface area contributed by atoms with E-state index in [2.05, 4.69) is 44.5 Å². The van der Waals surface area contributed by atoms with Crippen LogP contribution >= 0.6 is 0 Å². The zero-order valence-electron chi connectivity index (χ0n) is 21.5. The molecule has 2 aromatic carbocycles. The normalized spacial score (nSPS) is 15.6. The number of fused-ring (bicyclic) bond motifs is 1. The number of nitrogens with zero attached hydrogens (tertiary/aromatic N) is 5. The largest absolute Gasteiger partial charge is 0.466 e. The summed E-state index contributed by atoms with van der Waals surface area (Å²) in [5, 5.41) is 13.7. The molecule has 0 radical (unpaired) electrons. The Morgan fingerprint density at radius 1 is 1.14 bits per heavy atom. The van der Waals surface area contributed by atoms with Crippen LogP contribution < -0.4 is 5.56 Å². The van der Waals surface area contributed by atoms with Crippen LogP contribution in [0.25, 0.3) is 10.9 Å². The third-order valence-corrected chi connectivity index (χ3v) is 7.11. The number of aromatic nitrogens is 5. The van der Waals surface area contributed by atoms with Crippen LogP contribution in [-0.4, -0.2) is 55.8 Å². The molecular formula is C28H32N6O3. The van der Waals surface area contributed by atoms with Crippen LogP contribution in [0.1, 0.15) is 53.9 Å². The second-order valence-corrected chi connectivity index (χ2v) is 9.75. The predicted octanol–water partition coefficient (Wildman–Crippen LogP) is 3.54. The van der Waals surface area contributed by atoms with Crippen LogP contribution in [0.4, 0.5) is 0 Å². The number of aromatic amines is 1. The lowest BCUT2D eigenvalue weighted by Crippen LogP contribution is -2.42. The van der Waals surface area contributed by atoms with E-state index in [1.165, 1.54) is 0 Å². The van der Waals surface area contributed by atoms with Gasteiger partial charge in [0.15, 0.2) is 5.82 Å². The number of benzene rings is 2. The minimum atomic E-state index is -0.462. The van der Waals surface area contributed by atoms with Crippen LogP contribution in [-0.2, 0) is 16.1 Å².